The van der Waals surface area contributed by atoms with Crippen molar-refractivity contribution in [1.29, 1.82) is 0 Å². The van der Waals surface area contributed by atoms with E-state index in [1.165, 1.54) is 24.7 Å². The zero-order chi connectivity index (χ0) is 30.1. The molecule has 0 unspecified atom stereocenters. The number of pyridine rings is 1. The van der Waals surface area contributed by atoms with E-state index in [9.17, 15) is 14.7 Å². The lowest BCUT2D eigenvalue weighted by molar-refractivity contribution is 0.102. The van der Waals surface area contributed by atoms with Gasteiger partial charge in [-0.2, -0.15) is 5.10 Å². The van der Waals surface area contributed by atoms with Gasteiger partial charge in [0.05, 0.1) is 29.2 Å². The molecule has 6 aromatic rings. The average Bonchev–Trinajstić information content (AvgIpc) is 3.38. The molecule has 0 aliphatic rings. The summed E-state index contributed by atoms with van der Waals surface area (Å²) in [4.78, 5) is 39.4. The second-order valence-corrected chi connectivity index (χ2v) is 9.94. The summed E-state index contributed by atoms with van der Waals surface area (Å²) in [7, 11) is 0. The van der Waals surface area contributed by atoms with E-state index in [1.807, 2.05) is 50.2 Å². The Hall–Kier alpha value is -6.04. The number of hydrogen-bond acceptors (Lipinski definition) is 9. The predicted octanol–water partition coefficient (Wildman–Crippen LogP) is 4.36. The summed E-state index contributed by atoms with van der Waals surface area (Å²) in [6, 6.07) is 18.4. The molecule has 2 aromatic carbocycles. The van der Waals surface area contributed by atoms with Crippen molar-refractivity contribution in [2.24, 2.45) is 0 Å². The molecule has 4 aromatic heterocycles. The second-order valence-electron chi connectivity index (χ2n) is 9.94. The van der Waals surface area contributed by atoms with Crippen molar-refractivity contribution >= 4 is 28.7 Å². The van der Waals surface area contributed by atoms with E-state index in [4.69, 9.17) is 10.8 Å². The van der Waals surface area contributed by atoms with Gasteiger partial charge in [0.2, 0.25) is 0 Å². The van der Waals surface area contributed by atoms with Gasteiger partial charge in [0.1, 0.15) is 29.2 Å². The number of carbonyl (C=O) groups is 1. The number of rotatable bonds is 7. The number of benzene rings is 2. The average molecular weight is 574 g/mol. The number of nitrogen functional groups attached to an aromatic ring is 1. The maximum Gasteiger partial charge on any atom is 0.282 e. The van der Waals surface area contributed by atoms with Crippen LogP contribution in [0.4, 0.5) is 17.3 Å². The zero-order valence-electron chi connectivity index (χ0n) is 23.3. The van der Waals surface area contributed by atoms with Gasteiger partial charge in [-0.05, 0) is 61.9 Å². The summed E-state index contributed by atoms with van der Waals surface area (Å²) in [5, 5.41) is 20.7. The number of phenols is 1. The molecule has 0 aliphatic carbocycles. The third kappa shape index (κ3) is 5.24. The Morgan fingerprint density at radius 2 is 1.84 bits per heavy atom. The van der Waals surface area contributed by atoms with Crippen molar-refractivity contribution < 1.29 is 9.90 Å². The summed E-state index contributed by atoms with van der Waals surface area (Å²) in [5.41, 5.74) is 9.83. The molecule has 1 atom stereocenters. The van der Waals surface area contributed by atoms with Gasteiger partial charge in [-0.25, -0.2) is 14.5 Å². The molecule has 214 valence electrons. The molecule has 12 nitrogen and oxygen atoms in total. The lowest BCUT2D eigenvalue weighted by atomic mass is 10.1. The Morgan fingerprint density at radius 3 is 2.63 bits per heavy atom. The number of para-hydroxylation sites is 1. The highest BCUT2D eigenvalue weighted by molar-refractivity contribution is 6.04. The van der Waals surface area contributed by atoms with Gasteiger partial charge in [-0.3, -0.25) is 19.1 Å². The lowest BCUT2D eigenvalue weighted by Crippen LogP contribution is -2.29. The molecule has 0 aliphatic heterocycles. The molecule has 5 N–H and O–H groups in total. The largest absolute Gasteiger partial charge is 0.508 e. The van der Waals surface area contributed by atoms with E-state index in [2.05, 4.69) is 25.6 Å². The normalized spacial score (nSPS) is 11.8. The third-order valence-corrected chi connectivity index (χ3v) is 6.94. The standard InChI is InChI=1S/C31H27N9O3/c1-18-11-12-39-26(18)31(43)40(23-8-4-3-5-9-23)29(38-39)19(2)36-28-25(27(32)34-17-35-28)21-13-22(16-33-15-21)37-30(42)20-7-6-10-24(41)14-20/h3-17,19,41H,1-2H3,(H,37,42)(H3,32,34,35,36)/t19-/m0/s1. The minimum atomic E-state index is -0.519. The van der Waals surface area contributed by atoms with Crippen LogP contribution in [0, 0.1) is 6.92 Å². The number of anilines is 3. The molecule has 12 heteroatoms. The van der Waals surface area contributed by atoms with Crippen molar-refractivity contribution in [1.82, 2.24) is 29.1 Å². The number of hydrogen-bond donors (Lipinski definition) is 4. The Bertz CT molecular complexity index is 2040. The van der Waals surface area contributed by atoms with Crippen molar-refractivity contribution in [3.05, 3.63) is 119 Å². The van der Waals surface area contributed by atoms with Crippen LogP contribution >= 0.6 is 0 Å². The molecule has 0 fully saturated rings. The first-order valence-electron chi connectivity index (χ1n) is 13.4. The van der Waals surface area contributed by atoms with E-state index >= 15 is 0 Å². The maximum absolute atomic E-state index is 13.7. The Labute approximate surface area is 245 Å². The van der Waals surface area contributed by atoms with Crippen LogP contribution in [0.3, 0.4) is 0 Å². The highest BCUT2D eigenvalue weighted by atomic mass is 16.3. The van der Waals surface area contributed by atoms with Crippen molar-refractivity contribution in [2.45, 2.75) is 19.9 Å². The lowest BCUT2D eigenvalue weighted by Gasteiger charge is -2.21. The fraction of sp³-hybridized carbons (Fsp3) is 0.0968. The first kappa shape index (κ1) is 27.1. The van der Waals surface area contributed by atoms with Gasteiger partial charge in [-0.15, -0.1) is 0 Å². The molecule has 0 spiro atoms. The van der Waals surface area contributed by atoms with Gasteiger partial charge in [-0.1, -0.05) is 24.3 Å². The first-order valence-corrected chi connectivity index (χ1v) is 13.4. The van der Waals surface area contributed by atoms with Crippen LogP contribution < -0.4 is 21.9 Å². The van der Waals surface area contributed by atoms with E-state index in [1.54, 1.807) is 39.7 Å². The molecule has 0 saturated carbocycles. The summed E-state index contributed by atoms with van der Waals surface area (Å²) in [6.45, 7) is 3.75. The molecular formula is C31H27N9O3. The second kappa shape index (κ2) is 11.1. The topological polar surface area (TPSA) is 165 Å². The minimum absolute atomic E-state index is 0.0168. The van der Waals surface area contributed by atoms with Gasteiger partial charge in [0, 0.05) is 23.5 Å². The molecule has 6 rings (SSSR count). The van der Waals surface area contributed by atoms with Crippen LogP contribution in [0.1, 0.15) is 34.7 Å². The van der Waals surface area contributed by atoms with Crippen LogP contribution in [0.25, 0.3) is 22.3 Å². The Morgan fingerprint density at radius 1 is 1.02 bits per heavy atom. The summed E-state index contributed by atoms with van der Waals surface area (Å²) < 4.78 is 3.17. The molecule has 1 amide bonds. The summed E-state index contributed by atoms with van der Waals surface area (Å²) in [6.07, 6.45) is 6.18. The van der Waals surface area contributed by atoms with Crippen LogP contribution in [0.5, 0.6) is 5.75 Å². The monoisotopic (exact) mass is 573 g/mol. The molecule has 0 saturated heterocycles. The number of phenolic OH excluding ortho intramolecular Hbond substituents is 1. The highest BCUT2D eigenvalue weighted by Crippen LogP contribution is 2.33. The Balaban J connectivity index is 1.37. The van der Waals surface area contributed by atoms with Crippen LogP contribution in [-0.4, -0.2) is 40.1 Å². The molecule has 0 bridgehead atoms. The molecule has 0 radical (unpaired) electrons. The third-order valence-electron chi connectivity index (χ3n) is 6.94. The smallest absolute Gasteiger partial charge is 0.282 e. The number of amides is 1. The minimum Gasteiger partial charge on any atom is -0.508 e. The highest BCUT2D eigenvalue weighted by Gasteiger charge is 2.22. The molecule has 43 heavy (non-hydrogen) atoms. The van der Waals surface area contributed by atoms with Gasteiger partial charge in [0.25, 0.3) is 11.5 Å². The van der Waals surface area contributed by atoms with Crippen LogP contribution in [0.2, 0.25) is 0 Å². The van der Waals surface area contributed by atoms with Gasteiger partial charge >= 0.3 is 0 Å². The van der Waals surface area contributed by atoms with Crippen molar-refractivity contribution in [2.75, 3.05) is 16.4 Å². The van der Waals surface area contributed by atoms with Crippen molar-refractivity contribution in [3.8, 4) is 22.6 Å². The number of aromatic hydroxyl groups is 1. The molecule has 4 heterocycles. The number of fused-ring (bicyclic) bond motifs is 1. The van der Waals surface area contributed by atoms with Crippen LogP contribution in [0.15, 0.2) is 96.4 Å². The van der Waals surface area contributed by atoms with Crippen LogP contribution in [-0.2, 0) is 0 Å². The number of nitrogens with one attached hydrogen (secondary N) is 2. The number of carbonyl (C=O) groups excluding carboxylic acids is 1. The fourth-order valence-corrected chi connectivity index (χ4v) is 4.90. The predicted molar refractivity (Wildman–Crippen MR) is 163 cm³/mol. The van der Waals surface area contributed by atoms with E-state index in [0.29, 0.717) is 39.7 Å². The Kier molecular flexibility index (Phi) is 7.00. The maximum atomic E-state index is 13.7. The number of nitrogens with two attached hydrogens (primary N) is 1. The quantitative estimate of drug-likeness (QED) is 0.217. The number of aromatic nitrogens is 6. The summed E-state index contributed by atoms with van der Waals surface area (Å²) in [5.74, 6) is 0.591. The fourth-order valence-electron chi connectivity index (χ4n) is 4.90. The zero-order valence-corrected chi connectivity index (χ0v) is 23.3. The van der Waals surface area contributed by atoms with E-state index in [0.717, 1.165) is 5.56 Å². The van der Waals surface area contributed by atoms with E-state index < -0.39 is 11.9 Å². The number of aryl methyl sites for hydroxylation is 1. The molecular weight excluding hydrogens is 546 g/mol. The van der Waals surface area contributed by atoms with Gasteiger partial charge < -0.3 is 21.5 Å². The summed E-state index contributed by atoms with van der Waals surface area (Å²) >= 11 is 0. The van der Waals surface area contributed by atoms with Crippen molar-refractivity contribution in [3.63, 3.8) is 0 Å². The van der Waals surface area contributed by atoms with E-state index in [-0.39, 0.29) is 22.7 Å². The first-order chi connectivity index (χ1) is 20.8. The van der Waals surface area contributed by atoms with Gasteiger partial charge in [0.15, 0.2) is 5.82 Å². The SMILES string of the molecule is Cc1ccn2nc([C@H](C)Nc3ncnc(N)c3-c3cncc(NC(=O)c4cccc(O)c4)c3)n(-c3ccccc3)c(=O)c12. The number of nitrogens with zero attached hydrogens (tertiary/aromatic N) is 6.